The summed E-state index contributed by atoms with van der Waals surface area (Å²) >= 11 is 1.62. The summed E-state index contributed by atoms with van der Waals surface area (Å²) in [5.74, 6) is -1.64. The standard InChI is InChI=1S/C15H16F2N2OS/c1-20-10-2-3-12-11(8-10)18-13(21-12)19-6-4-14(5-7-19)9-15(14,16)17/h2-3,8H,4-7,9H2,1H3. The minimum atomic E-state index is -2.43. The topological polar surface area (TPSA) is 25.4 Å². The molecule has 0 atom stereocenters. The molecule has 1 saturated heterocycles. The number of piperidine rings is 1. The fourth-order valence-corrected chi connectivity index (χ4v) is 4.20. The molecule has 1 aromatic carbocycles. The first-order valence-electron chi connectivity index (χ1n) is 7.10. The van der Waals surface area contributed by atoms with Gasteiger partial charge >= 0.3 is 0 Å². The number of hydrogen-bond donors (Lipinski definition) is 0. The SMILES string of the molecule is COc1ccc2sc(N3CCC4(CC3)CC4(F)F)nc2c1. The van der Waals surface area contributed by atoms with Crippen molar-refractivity contribution in [3.63, 3.8) is 0 Å². The Bertz CT molecular complexity index is 692. The van der Waals surface area contributed by atoms with E-state index in [-0.39, 0.29) is 6.42 Å². The number of fused-ring (bicyclic) bond motifs is 1. The van der Waals surface area contributed by atoms with Crippen LogP contribution in [0.4, 0.5) is 13.9 Å². The first-order valence-corrected chi connectivity index (χ1v) is 7.92. The Hall–Kier alpha value is -1.43. The van der Waals surface area contributed by atoms with Crippen molar-refractivity contribution in [2.75, 3.05) is 25.1 Å². The number of hydrogen-bond acceptors (Lipinski definition) is 4. The molecular weight excluding hydrogens is 294 g/mol. The number of thiazole rings is 1. The Morgan fingerprint density at radius 1 is 1.29 bits per heavy atom. The van der Waals surface area contributed by atoms with Crippen LogP contribution in [0.25, 0.3) is 10.2 Å². The summed E-state index contributed by atoms with van der Waals surface area (Å²) in [5, 5.41) is 0.928. The first kappa shape index (κ1) is 13.2. The summed E-state index contributed by atoms with van der Waals surface area (Å²) in [4.78, 5) is 6.76. The average molecular weight is 310 g/mol. The Balaban J connectivity index is 1.55. The van der Waals surface area contributed by atoms with Crippen LogP contribution in [-0.2, 0) is 0 Å². The molecule has 0 bridgehead atoms. The smallest absolute Gasteiger partial charge is 0.254 e. The highest BCUT2D eigenvalue weighted by Crippen LogP contribution is 2.66. The van der Waals surface area contributed by atoms with Gasteiger partial charge in [-0.3, -0.25) is 0 Å². The van der Waals surface area contributed by atoms with E-state index in [1.54, 1.807) is 18.4 Å². The van der Waals surface area contributed by atoms with Crippen molar-refractivity contribution in [2.45, 2.75) is 25.2 Å². The van der Waals surface area contributed by atoms with Crippen LogP contribution in [0.2, 0.25) is 0 Å². The summed E-state index contributed by atoms with van der Waals surface area (Å²) in [6.07, 6.45) is 1.21. The molecule has 1 aliphatic heterocycles. The fraction of sp³-hybridized carbons (Fsp3) is 0.533. The molecular formula is C15H16F2N2OS. The highest BCUT2D eigenvalue weighted by Gasteiger charge is 2.70. The van der Waals surface area contributed by atoms with Crippen molar-refractivity contribution in [1.82, 2.24) is 4.98 Å². The molecule has 2 fully saturated rings. The van der Waals surface area contributed by atoms with Crippen molar-refractivity contribution in [3.8, 4) is 5.75 Å². The predicted molar refractivity (Wildman–Crippen MR) is 79.6 cm³/mol. The number of benzene rings is 1. The van der Waals surface area contributed by atoms with Gasteiger partial charge in [-0.25, -0.2) is 13.8 Å². The van der Waals surface area contributed by atoms with Crippen LogP contribution in [0.1, 0.15) is 19.3 Å². The molecule has 0 unspecified atom stereocenters. The zero-order chi connectivity index (χ0) is 14.7. The lowest BCUT2D eigenvalue weighted by Gasteiger charge is -2.31. The van der Waals surface area contributed by atoms with E-state index in [0.717, 1.165) is 21.1 Å². The minimum Gasteiger partial charge on any atom is -0.497 e. The van der Waals surface area contributed by atoms with Gasteiger partial charge in [0, 0.05) is 31.0 Å². The third-order valence-corrected chi connectivity index (χ3v) is 5.88. The van der Waals surface area contributed by atoms with Gasteiger partial charge in [-0.05, 0) is 25.0 Å². The molecule has 2 aromatic rings. The van der Waals surface area contributed by atoms with Crippen LogP contribution in [0.15, 0.2) is 18.2 Å². The summed E-state index contributed by atoms with van der Waals surface area (Å²) < 4.78 is 33.1. The monoisotopic (exact) mass is 310 g/mol. The lowest BCUT2D eigenvalue weighted by atomic mass is 9.93. The second kappa shape index (κ2) is 4.29. The molecule has 1 aliphatic carbocycles. The number of rotatable bonds is 2. The Kier molecular flexibility index (Phi) is 2.70. The van der Waals surface area contributed by atoms with E-state index in [0.29, 0.717) is 25.9 Å². The van der Waals surface area contributed by atoms with Gasteiger partial charge < -0.3 is 9.64 Å². The van der Waals surface area contributed by atoms with Crippen LogP contribution < -0.4 is 9.64 Å². The maximum atomic E-state index is 13.4. The number of nitrogens with zero attached hydrogens (tertiary/aromatic N) is 2. The molecule has 1 aromatic heterocycles. The highest BCUT2D eigenvalue weighted by atomic mass is 32.1. The molecule has 0 N–H and O–H groups in total. The Morgan fingerprint density at radius 2 is 2.00 bits per heavy atom. The number of halogens is 2. The van der Waals surface area contributed by atoms with Crippen LogP contribution in [0.3, 0.4) is 0 Å². The molecule has 2 heterocycles. The summed E-state index contributed by atoms with van der Waals surface area (Å²) in [6.45, 7) is 1.35. The number of aromatic nitrogens is 1. The maximum Gasteiger partial charge on any atom is 0.254 e. The van der Waals surface area contributed by atoms with Crippen LogP contribution >= 0.6 is 11.3 Å². The van der Waals surface area contributed by atoms with Crippen LogP contribution in [0.5, 0.6) is 5.75 Å². The van der Waals surface area contributed by atoms with Crippen molar-refractivity contribution < 1.29 is 13.5 Å². The molecule has 6 heteroatoms. The molecule has 21 heavy (non-hydrogen) atoms. The Morgan fingerprint density at radius 3 is 2.62 bits per heavy atom. The van der Waals surface area contributed by atoms with Crippen molar-refractivity contribution in [1.29, 1.82) is 0 Å². The average Bonchev–Trinajstić information content (AvgIpc) is 2.85. The molecule has 0 radical (unpaired) electrons. The van der Waals surface area contributed by atoms with Crippen molar-refractivity contribution in [3.05, 3.63) is 18.2 Å². The number of anilines is 1. The van der Waals surface area contributed by atoms with E-state index >= 15 is 0 Å². The van der Waals surface area contributed by atoms with Gasteiger partial charge in [0.15, 0.2) is 5.13 Å². The zero-order valence-electron chi connectivity index (χ0n) is 11.7. The quantitative estimate of drug-likeness (QED) is 0.840. The third kappa shape index (κ3) is 1.99. The van der Waals surface area contributed by atoms with Gasteiger partial charge in [0.25, 0.3) is 5.92 Å². The second-order valence-corrected chi connectivity index (χ2v) is 6.99. The molecule has 3 nitrogen and oxygen atoms in total. The Labute approximate surface area is 125 Å². The largest absolute Gasteiger partial charge is 0.497 e. The van der Waals surface area contributed by atoms with E-state index in [2.05, 4.69) is 9.88 Å². The van der Waals surface area contributed by atoms with Crippen molar-refractivity contribution in [2.24, 2.45) is 5.41 Å². The van der Waals surface area contributed by atoms with E-state index in [4.69, 9.17) is 4.74 Å². The van der Waals surface area contributed by atoms with E-state index in [1.165, 1.54) is 0 Å². The lowest BCUT2D eigenvalue weighted by Crippen LogP contribution is -2.36. The molecule has 112 valence electrons. The minimum absolute atomic E-state index is 0.0743. The fourth-order valence-electron chi connectivity index (χ4n) is 3.21. The molecule has 1 spiro atoms. The first-order chi connectivity index (χ1) is 10.0. The molecule has 1 saturated carbocycles. The number of methoxy groups -OCH3 is 1. The normalized spacial score (nSPS) is 22.7. The van der Waals surface area contributed by atoms with Gasteiger partial charge in [0.2, 0.25) is 0 Å². The third-order valence-electron chi connectivity index (χ3n) is 4.79. The van der Waals surface area contributed by atoms with Gasteiger partial charge in [-0.2, -0.15) is 0 Å². The van der Waals surface area contributed by atoms with Crippen LogP contribution in [-0.4, -0.2) is 31.1 Å². The van der Waals surface area contributed by atoms with Crippen molar-refractivity contribution >= 4 is 26.7 Å². The number of alkyl halides is 2. The van der Waals surface area contributed by atoms with Crippen LogP contribution in [0, 0.1) is 5.41 Å². The summed E-state index contributed by atoms with van der Waals surface area (Å²) in [5.41, 5.74) is 0.204. The predicted octanol–water partition coefficient (Wildman–Crippen LogP) is 3.93. The molecule has 4 rings (SSSR count). The molecule has 2 aliphatic rings. The summed E-state index contributed by atoms with van der Waals surface area (Å²) in [7, 11) is 1.63. The zero-order valence-corrected chi connectivity index (χ0v) is 12.6. The van der Waals surface area contributed by atoms with E-state index in [9.17, 15) is 8.78 Å². The van der Waals surface area contributed by atoms with Gasteiger partial charge in [-0.1, -0.05) is 11.3 Å². The van der Waals surface area contributed by atoms with E-state index < -0.39 is 11.3 Å². The molecule has 0 amide bonds. The van der Waals surface area contributed by atoms with Gasteiger partial charge in [0.1, 0.15) is 5.75 Å². The second-order valence-electron chi connectivity index (χ2n) is 5.98. The highest BCUT2D eigenvalue weighted by molar-refractivity contribution is 7.22. The van der Waals surface area contributed by atoms with Gasteiger partial charge in [0.05, 0.1) is 17.3 Å². The van der Waals surface area contributed by atoms with E-state index in [1.807, 2.05) is 18.2 Å². The summed E-state index contributed by atoms with van der Waals surface area (Å²) in [6, 6.07) is 5.83. The lowest BCUT2D eigenvalue weighted by molar-refractivity contribution is 0.0537. The maximum absolute atomic E-state index is 13.4. The van der Waals surface area contributed by atoms with Gasteiger partial charge in [-0.15, -0.1) is 0 Å². The number of ether oxygens (including phenoxy) is 1.